The molecule has 17 heavy (non-hydrogen) atoms. The molecule has 0 aliphatic carbocycles. The van der Waals surface area contributed by atoms with Crippen molar-refractivity contribution in [2.75, 3.05) is 0 Å². The van der Waals surface area contributed by atoms with Crippen molar-refractivity contribution in [2.45, 2.75) is 18.7 Å². The summed E-state index contributed by atoms with van der Waals surface area (Å²) in [4.78, 5) is -0.142. The summed E-state index contributed by atoms with van der Waals surface area (Å²) in [6.07, 6.45) is 0. The average molecular weight is 258 g/mol. The SMILES string of the molecule is Cc1cc(C)c2cccc(S(=O)(=O)[O-])c2c1.[Na+]. The van der Waals surface area contributed by atoms with E-state index >= 15 is 0 Å². The molecule has 0 bridgehead atoms. The van der Waals surface area contributed by atoms with E-state index in [4.69, 9.17) is 0 Å². The largest absolute Gasteiger partial charge is 1.00 e. The fraction of sp³-hybridized carbons (Fsp3) is 0.167. The summed E-state index contributed by atoms with van der Waals surface area (Å²) in [6.45, 7) is 3.77. The van der Waals surface area contributed by atoms with Gasteiger partial charge in [0.25, 0.3) is 0 Å². The zero-order chi connectivity index (χ0) is 11.9. The summed E-state index contributed by atoms with van der Waals surface area (Å²) in [5.41, 5.74) is 1.92. The van der Waals surface area contributed by atoms with E-state index in [1.807, 2.05) is 26.0 Å². The molecule has 2 rings (SSSR count). The standard InChI is InChI=1S/C12H12O3S.Na/c1-8-6-9(2)10-4-3-5-12(11(10)7-8)16(13,14)15;/h3-7H,1-2H3,(H,13,14,15);/q;+1/p-1. The Labute approximate surface area is 123 Å². The molecule has 0 atom stereocenters. The van der Waals surface area contributed by atoms with E-state index in [0.717, 1.165) is 16.5 Å². The molecule has 0 aliphatic rings. The first kappa shape index (κ1) is 14.7. The van der Waals surface area contributed by atoms with Crippen LogP contribution in [0.4, 0.5) is 0 Å². The molecule has 0 amide bonds. The maximum absolute atomic E-state index is 11.1. The van der Waals surface area contributed by atoms with Crippen molar-refractivity contribution in [3.8, 4) is 0 Å². The topological polar surface area (TPSA) is 57.2 Å². The van der Waals surface area contributed by atoms with E-state index in [1.54, 1.807) is 12.1 Å². The van der Waals surface area contributed by atoms with Crippen LogP contribution >= 0.6 is 0 Å². The molecule has 3 nitrogen and oxygen atoms in total. The second-order valence-corrected chi connectivity index (χ2v) is 5.24. The van der Waals surface area contributed by atoms with Gasteiger partial charge in [-0.1, -0.05) is 29.8 Å². The molecule has 0 N–H and O–H groups in total. The number of hydrogen-bond acceptors (Lipinski definition) is 3. The van der Waals surface area contributed by atoms with E-state index in [0.29, 0.717) is 5.39 Å². The van der Waals surface area contributed by atoms with Crippen LogP contribution in [0, 0.1) is 13.8 Å². The van der Waals surface area contributed by atoms with Gasteiger partial charge in [-0.15, -0.1) is 0 Å². The number of aryl methyl sites for hydroxylation is 2. The van der Waals surface area contributed by atoms with Gasteiger partial charge >= 0.3 is 29.6 Å². The zero-order valence-electron chi connectivity index (χ0n) is 10.0. The molecule has 0 spiro atoms. The van der Waals surface area contributed by atoms with Crippen molar-refractivity contribution in [1.29, 1.82) is 0 Å². The molecule has 0 fully saturated rings. The van der Waals surface area contributed by atoms with Crippen molar-refractivity contribution in [1.82, 2.24) is 0 Å². The van der Waals surface area contributed by atoms with Gasteiger partial charge in [0.05, 0.1) is 4.90 Å². The smallest absolute Gasteiger partial charge is 0.744 e. The molecule has 0 aliphatic heterocycles. The summed E-state index contributed by atoms with van der Waals surface area (Å²) < 4.78 is 33.3. The van der Waals surface area contributed by atoms with Gasteiger partial charge in [0.1, 0.15) is 10.1 Å². The van der Waals surface area contributed by atoms with Crippen LogP contribution in [0.3, 0.4) is 0 Å². The Morgan fingerprint density at radius 2 is 1.71 bits per heavy atom. The molecule has 2 aromatic rings. The van der Waals surface area contributed by atoms with Crippen molar-refractivity contribution < 1.29 is 42.5 Å². The minimum absolute atomic E-state index is 0. The van der Waals surface area contributed by atoms with Crippen molar-refractivity contribution in [3.05, 3.63) is 41.5 Å². The van der Waals surface area contributed by atoms with Gasteiger partial charge in [-0.05, 0) is 36.2 Å². The molecule has 0 heterocycles. The predicted octanol–water partition coefficient (Wildman–Crippen LogP) is -0.635. The third-order valence-corrected chi connectivity index (χ3v) is 3.47. The summed E-state index contributed by atoms with van der Waals surface area (Å²) >= 11 is 0. The molecule has 2 aromatic carbocycles. The molecule has 5 heteroatoms. The van der Waals surface area contributed by atoms with E-state index < -0.39 is 10.1 Å². The quantitative estimate of drug-likeness (QED) is 0.505. The minimum Gasteiger partial charge on any atom is -0.744 e. The Morgan fingerprint density at radius 3 is 2.29 bits per heavy atom. The molecule has 0 aromatic heterocycles. The number of fused-ring (bicyclic) bond motifs is 1. The normalized spacial score (nSPS) is 11.2. The van der Waals surface area contributed by atoms with Crippen LogP contribution in [0.25, 0.3) is 10.8 Å². The number of hydrogen-bond donors (Lipinski definition) is 0. The van der Waals surface area contributed by atoms with Crippen LogP contribution < -0.4 is 29.6 Å². The third-order valence-electron chi connectivity index (χ3n) is 2.58. The van der Waals surface area contributed by atoms with Gasteiger partial charge in [-0.3, -0.25) is 0 Å². The summed E-state index contributed by atoms with van der Waals surface area (Å²) in [5.74, 6) is 0. The molecule has 0 unspecified atom stereocenters. The van der Waals surface area contributed by atoms with Gasteiger partial charge < -0.3 is 4.55 Å². The fourth-order valence-corrected chi connectivity index (χ4v) is 2.63. The Kier molecular flexibility index (Phi) is 4.38. The Balaban J connectivity index is 0.00000144. The first-order chi connectivity index (χ1) is 7.39. The second kappa shape index (κ2) is 5.08. The monoisotopic (exact) mass is 258 g/mol. The van der Waals surface area contributed by atoms with Crippen LogP contribution in [0.2, 0.25) is 0 Å². The van der Waals surface area contributed by atoms with Gasteiger partial charge in [0.15, 0.2) is 0 Å². The van der Waals surface area contributed by atoms with Gasteiger partial charge in [-0.2, -0.15) is 0 Å². The summed E-state index contributed by atoms with van der Waals surface area (Å²) in [7, 11) is -4.41. The molecule has 0 saturated heterocycles. The van der Waals surface area contributed by atoms with E-state index in [1.165, 1.54) is 6.07 Å². The van der Waals surface area contributed by atoms with Crippen molar-refractivity contribution in [3.63, 3.8) is 0 Å². The van der Waals surface area contributed by atoms with E-state index in [2.05, 4.69) is 0 Å². The fourth-order valence-electron chi connectivity index (χ4n) is 1.94. The summed E-state index contributed by atoms with van der Waals surface area (Å²) in [5, 5.41) is 1.32. The van der Waals surface area contributed by atoms with Crippen LogP contribution in [0.15, 0.2) is 35.2 Å². The van der Waals surface area contributed by atoms with Crippen molar-refractivity contribution >= 4 is 20.9 Å². The molecule has 0 saturated carbocycles. The van der Waals surface area contributed by atoms with Crippen LogP contribution in [0.5, 0.6) is 0 Å². The van der Waals surface area contributed by atoms with Gasteiger partial charge in [-0.25, -0.2) is 8.42 Å². The van der Waals surface area contributed by atoms with Gasteiger partial charge in [0.2, 0.25) is 0 Å². The minimum atomic E-state index is -4.41. The predicted molar refractivity (Wildman–Crippen MR) is 61.4 cm³/mol. The third kappa shape index (κ3) is 2.89. The average Bonchev–Trinajstić information content (AvgIpc) is 2.15. The van der Waals surface area contributed by atoms with Gasteiger partial charge in [0, 0.05) is 0 Å². The van der Waals surface area contributed by atoms with Crippen LogP contribution in [-0.2, 0) is 10.1 Å². The van der Waals surface area contributed by atoms with Crippen molar-refractivity contribution in [2.24, 2.45) is 0 Å². The van der Waals surface area contributed by atoms with Crippen LogP contribution in [-0.4, -0.2) is 13.0 Å². The second-order valence-electron chi connectivity index (χ2n) is 3.89. The Morgan fingerprint density at radius 1 is 1.06 bits per heavy atom. The van der Waals surface area contributed by atoms with E-state index in [-0.39, 0.29) is 34.5 Å². The van der Waals surface area contributed by atoms with Crippen LogP contribution in [0.1, 0.15) is 11.1 Å². The number of benzene rings is 2. The molecule has 84 valence electrons. The first-order valence-electron chi connectivity index (χ1n) is 4.85. The Hall–Kier alpha value is -0.390. The maximum Gasteiger partial charge on any atom is 1.00 e. The Bertz CT molecular complexity index is 663. The summed E-state index contributed by atoms with van der Waals surface area (Å²) in [6, 6.07) is 8.45. The first-order valence-corrected chi connectivity index (χ1v) is 6.26. The molecular formula is C12H11NaO3S. The number of rotatable bonds is 1. The maximum atomic E-state index is 11.1. The molecular weight excluding hydrogens is 247 g/mol. The molecule has 0 radical (unpaired) electrons. The van der Waals surface area contributed by atoms with E-state index in [9.17, 15) is 13.0 Å². The zero-order valence-corrected chi connectivity index (χ0v) is 12.8.